The fourth-order valence-corrected chi connectivity index (χ4v) is 1.52. The van der Waals surface area contributed by atoms with Crippen LogP contribution in [-0.4, -0.2) is 4.98 Å². The minimum atomic E-state index is -4.47. The second-order valence-corrected chi connectivity index (χ2v) is 3.32. The molecule has 0 saturated heterocycles. The molecule has 6 heteroatoms. The third-order valence-electron chi connectivity index (χ3n) is 2.27. The molecule has 2 aromatic rings. The van der Waals surface area contributed by atoms with Gasteiger partial charge in [-0.05, 0) is 12.1 Å². The van der Waals surface area contributed by atoms with Crippen molar-refractivity contribution >= 4 is 22.3 Å². The summed E-state index contributed by atoms with van der Waals surface area (Å²) in [6.07, 6.45) is -3.22. The molecular formula is C10H8F3N3. The van der Waals surface area contributed by atoms with Crippen molar-refractivity contribution in [3.8, 4) is 0 Å². The Balaban J connectivity index is 2.91. The molecule has 0 spiro atoms. The molecule has 0 atom stereocenters. The van der Waals surface area contributed by atoms with Crippen molar-refractivity contribution in [2.75, 3.05) is 11.5 Å². The number of hydrogen-bond donors (Lipinski definition) is 2. The van der Waals surface area contributed by atoms with Gasteiger partial charge in [0, 0.05) is 5.39 Å². The zero-order valence-corrected chi connectivity index (χ0v) is 8.05. The number of nitrogens with two attached hydrogens (primary N) is 2. The summed E-state index contributed by atoms with van der Waals surface area (Å²) in [5.41, 5.74) is 10.3. The summed E-state index contributed by atoms with van der Waals surface area (Å²) < 4.78 is 38.1. The van der Waals surface area contributed by atoms with E-state index in [1.807, 2.05) is 0 Å². The van der Waals surface area contributed by atoms with E-state index in [0.717, 1.165) is 6.07 Å². The molecular weight excluding hydrogens is 219 g/mol. The first-order chi connectivity index (χ1) is 7.41. The van der Waals surface area contributed by atoms with Crippen LogP contribution in [0, 0.1) is 0 Å². The van der Waals surface area contributed by atoms with Crippen molar-refractivity contribution in [3.63, 3.8) is 0 Å². The lowest BCUT2D eigenvalue weighted by molar-refractivity contribution is -0.136. The molecule has 3 nitrogen and oxygen atoms in total. The third-order valence-corrected chi connectivity index (χ3v) is 2.27. The van der Waals surface area contributed by atoms with Crippen LogP contribution in [-0.2, 0) is 6.18 Å². The molecule has 0 aliphatic heterocycles. The molecule has 1 aromatic heterocycles. The SMILES string of the molecule is Nc1cnc2cccc(C(F)(F)F)c2c1N. The summed E-state index contributed by atoms with van der Waals surface area (Å²) in [5, 5.41) is -0.144. The standard InChI is InChI=1S/C10H8F3N3/c11-10(12,13)5-2-1-3-7-8(5)9(15)6(14)4-16-7/h1-4H,14H2,(H2,15,16). The van der Waals surface area contributed by atoms with E-state index in [1.165, 1.54) is 18.3 Å². The Morgan fingerprint density at radius 1 is 1.12 bits per heavy atom. The maximum atomic E-state index is 12.7. The summed E-state index contributed by atoms with van der Waals surface area (Å²) >= 11 is 0. The molecule has 0 unspecified atom stereocenters. The lowest BCUT2D eigenvalue weighted by atomic mass is 10.1. The number of halogens is 3. The maximum Gasteiger partial charge on any atom is 0.417 e. The number of anilines is 2. The number of aromatic nitrogens is 1. The van der Waals surface area contributed by atoms with E-state index >= 15 is 0 Å². The Labute approximate surface area is 88.9 Å². The predicted molar refractivity (Wildman–Crippen MR) is 55.6 cm³/mol. The van der Waals surface area contributed by atoms with E-state index in [0.29, 0.717) is 0 Å². The predicted octanol–water partition coefficient (Wildman–Crippen LogP) is 2.42. The van der Waals surface area contributed by atoms with Gasteiger partial charge in [-0.25, -0.2) is 0 Å². The Morgan fingerprint density at radius 3 is 2.44 bits per heavy atom. The van der Waals surface area contributed by atoms with Crippen molar-refractivity contribution in [1.82, 2.24) is 4.98 Å². The number of nitrogens with zero attached hydrogens (tertiary/aromatic N) is 1. The van der Waals surface area contributed by atoms with Crippen LogP contribution in [0.1, 0.15) is 5.56 Å². The highest BCUT2D eigenvalue weighted by Crippen LogP contribution is 2.38. The highest BCUT2D eigenvalue weighted by atomic mass is 19.4. The van der Waals surface area contributed by atoms with Crippen LogP contribution in [0.3, 0.4) is 0 Å². The van der Waals surface area contributed by atoms with Crippen LogP contribution in [0.4, 0.5) is 24.5 Å². The topological polar surface area (TPSA) is 64.9 Å². The van der Waals surface area contributed by atoms with Crippen molar-refractivity contribution in [2.24, 2.45) is 0 Å². The molecule has 0 bridgehead atoms. The van der Waals surface area contributed by atoms with Crippen LogP contribution in [0.5, 0.6) is 0 Å². The maximum absolute atomic E-state index is 12.7. The Kier molecular flexibility index (Phi) is 2.15. The molecule has 84 valence electrons. The Bertz CT molecular complexity index is 549. The highest BCUT2D eigenvalue weighted by molar-refractivity contribution is 5.98. The summed E-state index contributed by atoms with van der Waals surface area (Å²) in [6, 6.07) is 3.70. The summed E-state index contributed by atoms with van der Waals surface area (Å²) in [7, 11) is 0. The first kappa shape index (κ1) is 10.5. The van der Waals surface area contributed by atoms with Gasteiger partial charge in [0.25, 0.3) is 0 Å². The van der Waals surface area contributed by atoms with Crippen LogP contribution in [0.2, 0.25) is 0 Å². The van der Waals surface area contributed by atoms with E-state index in [9.17, 15) is 13.2 Å². The van der Waals surface area contributed by atoms with Crippen LogP contribution < -0.4 is 11.5 Å². The van der Waals surface area contributed by atoms with E-state index in [2.05, 4.69) is 4.98 Å². The van der Waals surface area contributed by atoms with Gasteiger partial charge in [-0.2, -0.15) is 13.2 Å². The van der Waals surface area contributed by atoms with Gasteiger partial charge in [0.2, 0.25) is 0 Å². The average molecular weight is 227 g/mol. The quantitative estimate of drug-likeness (QED) is 0.726. The van der Waals surface area contributed by atoms with Gasteiger partial charge in [-0.1, -0.05) is 6.07 Å². The van der Waals surface area contributed by atoms with Gasteiger partial charge in [-0.15, -0.1) is 0 Å². The second kappa shape index (κ2) is 3.26. The smallest absolute Gasteiger partial charge is 0.396 e. The van der Waals surface area contributed by atoms with Gasteiger partial charge in [0.15, 0.2) is 0 Å². The summed E-state index contributed by atoms with van der Waals surface area (Å²) in [6.45, 7) is 0. The van der Waals surface area contributed by atoms with Gasteiger partial charge in [-0.3, -0.25) is 4.98 Å². The van der Waals surface area contributed by atoms with Gasteiger partial charge in [0.1, 0.15) is 0 Å². The molecule has 0 fully saturated rings. The molecule has 4 N–H and O–H groups in total. The van der Waals surface area contributed by atoms with E-state index < -0.39 is 11.7 Å². The van der Waals surface area contributed by atoms with Crippen molar-refractivity contribution in [1.29, 1.82) is 0 Å². The number of nitrogen functional groups attached to an aromatic ring is 2. The molecule has 2 rings (SSSR count). The lowest BCUT2D eigenvalue weighted by Gasteiger charge is -2.12. The highest BCUT2D eigenvalue weighted by Gasteiger charge is 2.33. The summed E-state index contributed by atoms with van der Waals surface area (Å²) in [4.78, 5) is 3.81. The molecule has 1 aromatic carbocycles. The molecule has 0 radical (unpaired) electrons. The first-order valence-electron chi connectivity index (χ1n) is 4.41. The van der Waals surface area contributed by atoms with Crippen LogP contribution >= 0.6 is 0 Å². The number of alkyl halides is 3. The Morgan fingerprint density at radius 2 is 1.81 bits per heavy atom. The number of hydrogen-bond acceptors (Lipinski definition) is 3. The zero-order chi connectivity index (χ0) is 11.9. The minimum absolute atomic E-state index is 0.0456. The average Bonchev–Trinajstić information content (AvgIpc) is 2.21. The van der Waals surface area contributed by atoms with Crippen molar-refractivity contribution in [3.05, 3.63) is 30.0 Å². The molecule has 0 aliphatic carbocycles. The second-order valence-electron chi connectivity index (χ2n) is 3.32. The lowest BCUT2D eigenvalue weighted by Crippen LogP contribution is -2.08. The summed E-state index contributed by atoms with van der Waals surface area (Å²) in [5.74, 6) is 0. The van der Waals surface area contributed by atoms with Gasteiger partial charge < -0.3 is 11.5 Å². The van der Waals surface area contributed by atoms with Gasteiger partial charge in [0.05, 0.1) is 28.7 Å². The largest absolute Gasteiger partial charge is 0.417 e. The van der Waals surface area contributed by atoms with Crippen LogP contribution in [0.25, 0.3) is 10.9 Å². The molecule has 0 amide bonds. The van der Waals surface area contributed by atoms with E-state index in [-0.39, 0.29) is 22.3 Å². The van der Waals surface area contributed by atoms with Crippen molar-refractivity contribution in [2.45, 2.75) is 6.18 Å². The monoisotopic (exact) mass is 227 g/mol. The third kappa shape index (κ3) is 1.52. The molecule has 0 saturated carbocycles. The number of rotatable bonds is 0. The number of benzene rings is 1. The number of fused-ring (bicyclic) bond motifs is 1. The van der Waals surface area contributed by atoms with Gasteiger partial charge >= 0.3 is 6.18 Å². The fourth-order valence-electron chi connectivity index (χ4n) is 1.52. The van der Waals surface area contributed by atoms with E-state index in [1.54, 1.807) is 0 Å². The molecule has 16 heavy (non-hydrogen) atoms. The van der Waals surface area contributed by atoms with Crippen LogP contribution in [0.15, 0.2) is 24.4 Å². The number of pyridine rings is 1. The zero-order valence-electron chi connectivity index (χ0n) is 8.05. The van der Waals surface area contributed by atoms with Crippen molar-refractivity contribution < 1.29 is 13.2 Å². The Hall–Kier alpha value is -1.98. The fraction of sp³-hybridized carbons (Fsp3) is 0.100. The first-order valence-corrected chi connectivity index (χ1v) is 4.41. The molecule has 0 aliphatic rings. The molecule has 1 heterocycles. The minimum Gasteiger partial charge on any atom is -0.396 e. The normalized spacial score (nSPS) is 11.9. The van der Waals surface area contributed by atoms with E-state index in [4.69, 9.17) is 11.5 Å².